The highest BCUT2D eigenvalue weighted by molar-refractivity contribution is 5.48. The fourth-order valence-electron chi connectivity index (χ4n) is 1.85. The molecule has 0 aliphatic heterocycles. The van der Waals surface area contributed by atoms with E-state index in [-0.39, 0.29) is 12.2 Å². The van der Waals surface area contributed by atoms with Gasteiger partial charge in [-0.1, -0.05) is 6.07 Å². The van der Waals surface area contributed by atoms with Crippen molar-refractivity contribution < 1.29 is 22.6 Å². The molecule has 0 atom stereocenters. The van der Waals surface area contributed by atoms with E-state index in [1.807, 2.05) is 0 Å². The van der Waals surface area contributed by atoms with Gasteiger partial charge in [-0.2, -0.15) is 0 Å². The van der Waals surface area contributed by atoms with Crippen LogP contribution in [-0.2, 0) is 6.54 Å². The van der Waals surface area contributed by atoms with Crippen molar-refractivity contribution in [1.29, 1.82) is 0 Å². The van der Waals surface area contributed by atoms with E-state index < -0.39 is 17.5 Å². The Morgan fingerprint density at radius 2 is 1.52 bits per heavy atom. The summed E-state index contributed by atoms with van der Waals surface area (Å²) in [6.07, 6.45) is 0. The molecule has 0 saturated carbocycles. The third-order valence-electron chi connectivity index (χ3n) is 2.94. The Kier molecular flexibility index (Phi) is 4.57. The average molecular weight is 297 g/mol. The van der Waals surface area contributed by atoms with E-state index in [1.165, 1.54) is 14.2 Å². The van der Waals surface area contributed by atoms with E-state index in [0.29, 0.717) is 17.6 Å². The zero-order valence-electron chi connectivity index (χ0n) is 11.5. The van der Waals surface area contributed by atoms with Gasteiger partial charge >= 0.3 is 0 Å². The van der Waals surface area contributed by atoms with Gasteiger partial charge in [0.15, 0.2) is 23.1 Å². The monoisotopic (exact) mass is 297 g/mol. The quantitative estimate of drug-likeness (QED) is 0.853. The summed E-state index contributed by atoms with van der Waals surface area (Å²) in [5.41, 5.74) is 0.667. The normalized spacial score (nSPS) is 10.3. The number of anilines is 1. The van der Waals surface area contributed by atoms with Gasteiger partial charge in [-0.05, 0) is 17.7 Å². The van der Waals surface area contributed by atoms with E-state index in [1.54, 1.807) is 18.2 Å². The van der Waals surface area contributed by atoms with Gasteiger partial charge in [-0.15, -0.1) is 0 Å². The summed E-state index contributed by atoms with van der Waals surface area (Å²) in [5.74, 6) is -2.08. The zero-order valence-corrected chi connectivity index (χ0v) is 11.5. The summed E-state index contributed by atoms with van der Waals surface area (Å²) in [5, 5.41) is 2.71. The first-order valence-corrected chi connectivity index (χ1v) is 6.14. The Morgan fingerprint density at radius 3 is 2.19 bits per heavy atom. The van der Waals surface area contributed by atoms with Crippen LogP contribution >= 0.6 is 0 Å². The maximum atomic E-state index is 13.5. The Hall–Kier alpha value is -2.37. The Labute approximate surface area is 120 Å². The van der Waals surface area contributed by atoms with Crippen LogP contribution in [0.25, 0.3) is 0 Å². The van der Waals surface area contributed by atoms with Crippen LogP contribution in [0.15, 0.2) is 30.3 Å². The van der Waals surface area contributed by atoms with Crippen molar-refractivity contribution in [3.8, 4) is 11.5 Å². The molecule has 2 aromatic rings. The Morgan fingerprint density at radius 1 is 0.857 bits per heavy atom. The minimum atomic E-state index is -1.22. The van der Waals surface area contributed by atoms with Crippen molar-refractivity contribution in [3.05, 3.63) is 53.3 Å². The molecule has 0 amide bonds. The molecule has 3 nitrogen and oxygen atoms in total. The molecule has 0 saturated heterocycles. The highest BCUT2D eigenvalue weighted by atomic mass is 19.2. The third kappa shape index (κ3) is 3.39. The number of ether oxygens (including phenoxy) is 2. The van der Waals surface area contributed by atoms with Gasteiger partial charge < -0.3 is 14.8 Å². The maximum Gasteiger partial charge on any atom is 0.161 e. The second-order valence-electron chi connectivity index (χ2n) is 4.29. The molecule has 0 bridgehead atoms. The van der Waals surface area contributed by atoms with Crippen LogP contribution in [0.4, 0.5) is 18.9 Å². The maximum absolute atomic E-state index is 13.5. The molecule has 0 radical (unpaired) electrons. The minimum Gasteiger partial charge on any atom is -0.493 e. The smallest absolute Gasteiger partial charge is 0.161 e. The summed E-state index contributed by atoms with van der Waals surface area (Å²) < 4.78 is 49.7. The summed E-state index contributed by atoms with van der Waals surface area (Å²) in [6.45, 7) is 0.225. The largest absolute Gasteiger partial charge is 0.493 e. The topological polar surface area (TPSA) is 30.5 Å². The van der Waals surface area contributed by atoms with Crippen molar-refractivity contribution in [2.24, 2.45) is 0 Å². The molecule has 0 aliphatic rings. The molecule has 0 spiro atoms. The number of methoxy groups -OCH3 is 2. The zero-order chi connectivity index (χ0) is 15.4. The van der Waals surface area contributed by atoms with Gasteiger partial charge in [0.1, 0.15) is 5.82 Å². The van der Waals surface area contributed by atoms with E-state index >= 15 is 0 Å². The minimum absolute atomic E-state index is 0.108. The van der Waals surface area contributed by atoms with Gasteiger partial charge in [0.25, 0.3) is 0 Å². The van der Waals surface area contributed by atoms with Gasteiger partial charge in [0.05, 0.1) is 19.9 Å². The molecular weight excluding hydrogens is 283 g/mol. The summed E-state index contributed by atoms with van der Waals surface area (Å²) in [7, 11) is 3.02. The van der Waals surface area contributed by atoms with Crippen molar-refractivity contribution in [1.82, 2.24) is 0 Å². The van der Waals surface area contributed by atoms with Crippen molar-refractivity contribution in [2.75, 3.05) is 19.5 Å². The lowest BCUT2D eigenvalue weighted by Gasteiger charge is -2.11. The lowest BCUT2D eigenvalue weighted by atomic mass is 10.2. The second-order valence-corrected chi connectivity index (χ2v) is 4.29. The number of rotatable bonds is 5. The van der Waals surface area contributed by atoms with Crippen LogP contribution < -0.4 is 14.8 Å². The number of benzene rings is 2. The molecule has 0 fully saturated rings. The van der Waals surface area contributed by atoms with Gasteiger partial charge in [-0.25, -0.2) is 13.2 Å². The van der Waals surface area contributed by atoms with Gasteiger partial charge in [0.2, 0.25) is 0 Å². The highest BCUT2D eigenvalue weighted by Crippen LogP contribution is 2.28. The molecule has 21 heavy (non-hydrogen) atoms. The lowest BCUT2D eigenvalue weighted by Crippen LogP contribution is -2.03. The molecule has 1 N–H and O–H groups in total. The molecule has 0 aromatic heterocycles. The molecule has 6 heteroatoms. The predicted molar refractivity (Wildman–Crippen MR) is 73.2 cm³/mol. The third-order valence-corrected chi connectivity index (χ3v) is 2.94. The second kappa shape index (κ2) is 6.39. The summed E-state index contributed by atoms with van der Waals surface area (Å²) in [6, 6.07) is 6.46. The Bertz CT molecular complexity index is 647. The average Bonchev–Trinajstić information content (AvgIpc) is 2.49. The first-order chi connectivity index (χ1) is 10.0. The molecule has 0 aliphatic carbocycles. The van der Waals surface area contributed by atoms with Gasteiger partial charge in [-0.3, -0.25) is 0 Å². The molecule has 2 rings (SSSR count). The number of halogens is 3. The molecular formula is C15H14F3NO2. The van der Waals surface area contributed by atoms with Crippen LogP contribution in [0.5, 0.6) is 11.5 Å². The van der Waals surface area contributed by atoms with E-state index in [4.69, 9.17) is 9.47 Å². The van der Waals surface area contributed by atoms with Crippen LogP contribution in [0, 0.1) is 17.5 Å². The lowest BCUT2D eigenvalue weighted by molar-refractivity contribution is 0.354. The number of hydrogen-bond acceptors (Lipinski definition) is 3. The van der Waals surface area contributed by atoms with Crippen LogP contribution in [0.1, 0.15) is 5.56 Å². The van der Waals surface area contributed by atoms with Crippen molar-refractivity contribution in [3.63, 3.8) is 0 Å². The fourth-order valence-corrected chi connectivity index (χ4v) is 1.85. The van der Waals surface area contributed by atoms with Crippen molar-refractivity contribution in [2.45, 2.75) is 6.54 Å². The molecule has 112 valence electrons. The molecule has 0 unspecified atom stereocenters. The summed E-state index contributed by atoms with van der Waals surface area (Å²) in [4.78, 5) is 0. The van der Waals surface area contributed by atoms with E-state index in [9.17, 15) is 13.2 Å². The van der Waals surface area contributed by atoms with Crippen molar-refractivity contribution >= 4 is 5.69 Å². The molecule has 2 aromatic carbocycles. The predicted octanol–water partition coefficient (Wildman–Crippen LogP) is 3.73. The van der Waals surface area contributed by atoms with Gasteiger partial charge in [0, 0.05) is 18.7 Å². The van der Waals surface area contributed by atoms with Crippen LogP contribution in [0.2, 0.25) is 0 Å². The van der Waals surface area contributed by atoms with E-state index in [0.717, 1.165) is 11.6 Å². The van der Waals surface area contributed by atoms with E-state index in [2.05, 4.69) is 5.32 Å². The highest BCUT2D eigenvalue weighted by Gasteiger charge is 2.10. The standard InChI is InChI=1S/C15H14F3NO2/c1-20-14-4-3-9(5-15(14)21-2)8-19-13-7-11(17)10(16)6-12(13)18/h3-7,19H,8H2,1-2H3. The summed E-state index contributed by atoms with van der Waals surface area (Å²) >= 11 is 0. The fraction of sp³-hybridized carbons (Fsp3) is 0.200. The number of nitrogens with one attached hydrogen (secondary N) is 1. The molecule has 0 heterocycles. The SMILES string of the molecule is COc1ccc(CNc2cc(F)c(F)cc2F)cc1OC. The first-order valence-electron chi connectivity index (χ1n) is 6.14. The van der Waals surface area contributed by atoms with Crippen LogP contribution in [0.3, 0.4) is 0 Å². The Balaban J connectivity index is 2.15. The number of hydrogen-bond donors (Lipinski definition) is 1. The van der Waals surface area contributed by atoms with Crippen LogP contribution in [-0.4, -0.2) is 14.2 Å². The first kappa shape index (κ1) is 15.0.